The zero-order chi connectivity index (χ0) is 15.0. The van der Waals surface area contributed by atoms with Crippen molar-refractivity contribution in [2.45, 2.75) is 25.1 Å². The number of piperidine rings is 1. The number of rotatable bonds is 1. The topological polar surface area (TPSA) is 52.0 Å². The van der Waals surface area contributed by atoms with Crippen LogP contribution < -0.4 is 10.2 Å². The van der Waals surface area contributed by atoms with Gasteiger partial charge in [0, 0.05) is 19.1 Å². The molecular weight excluding hydrogens is 281 g/mol. The molecule has 2 aliphatic heterocycles. The maximum Gasteiger partial charge on any atom is 0.433 e. The fourth-order valence-electron chi connectivity index (χ4n) is 3.17. The van der Waals surface area contributed by atoms with Crippen LogP contribution in [0.5, 0.6) is 0 Å². The molecule has 0 saturated carbocycles. The Morgan fingerprint density at radius 3 is 2.86 bits per heavy atom. The first kappa shape index (κ1) is 14.1. The number of hydrogen-bond acceptors (Lipinski definition) is 4. The monoisotopic (exact) mass is 296 g/mol. The highest BCUT2D eigenvalue weighted by molar-refractivity contribution is 5.55. The Labute approximate surface area is 120 Å². The van der Waals surface area contributed by atoms with Gasteiger partial charge in [0.1, 0.15) is 17.6 Å². The van der Waals surface area contributed by atoms with E-state index in [-0.39, 0.29) is 11.4 Å². The van der Waals surface area contributed by atoms with Gasteiger partial charge in [-0.05, 0) is 37.4 Å². The molecule has 0 spiro atoms. The number of alkyl halides is 3. The van der Waals surface area contributed by atoms with Gasteiger partial charge in [-0.2, -0.15) is 18.4 Å². The molecule has 2 saturated heterocycles. The van der Waals surface area contributed by atoms with E-state index in [0.29, 0.717) is 25.0 Å². The summed E-state index contributed by atoms with van der Waals surface area (Å²) in [6.45, 7) is 2.22. The number of halogens is 3. The first-order valence-corrected chi connectivity index (χ1v) is 6.95. The van der Waals surface area contributed by atoms with Crippen LogP contribution in [0.1, 0.15) is 24.1 Å². The van der Waals surface area contributed by atoms with Crippen molar-refractivity contribution in [2.24, 2.45) is 5.92 Å². The third kappa shape index (κ3) is 2.68. The van der Waals surface area contributed by atoms with Crippen LogP contribution in [0.2, 0.25) is 0 Å². The minimum atomic E-state index is -4.49. The standard InChI is InChI=1S/C14H15F3N4/c15-14(16,17)12-2-1-9(7-18)13(20-12)21-6-4-11-10(8-21)3-5-19-11/h1-2,10-11,19H,3-6,8H2. The fraction of sp³-hybridized carbons (Fsp3) is 0.571. The Hall–Kier alpha value is -1.81. The van der Waals surface area contributed by atoms with Gasteiger partial charge < -0.3 is 10.2 Å². The van der Waals surface area contributed by atoms with Gasteiger partial charge in [0.2, 0.25) is 0 Å². The van der Waals surface area contributed by atoms with E-state index in [4.69, 9.17) is 5.26 Å². The summed E-state index contributed by atoms with van der Waals surface area (Å²) in [6.07, 6.45) is -2.61. The Balaban J connectivity index is 1.91. The maximum absolute atomic E-state index is 12.8. The van der Waals surface area contributed by atoms with Crippen LogP contribution in [0.4, 0.5) is 19.0 Å². The van der Waals surface area contributed by atoms with Gasteiger partial charge in [0.05, 0.1) is 5.56 Å². The van der Waals surface area contributed by atoms with E-state index >= 15 is 0 Å². The molecule has 7 heteroatoms. The molecule has 2 fully saturated rings. The lowest BCUT2D eigenvalue weighted by Crippen LogP contribution is -2.45. The molecule has 0 aromatic carbocycles. The minimum Gasteiger partial charge on any atom is -0.355 e. The largest absolute Gasteiger partial charge is 0.433 e. The summed E-state index contributed by atoms with van der Waals surface area (Å²) < 4.78 is 38.4. The molecule has 112 valence electrons. The first-order valence-electron chi connectivity index (χ1n) is 6.95. The summed E-state index contributed by atoms with van der Waals surface area (Å²) in [5.41, 5.74) is -0.740. The Kier molecular flexibility index (Phi) is 3.49. The predicted molar refractivity (Wildman–Crippen MR) is 70.7 cm³/mol. The zero-order valence-corrected chi connectivity index (χ0v) is 11.3. The molecule has 2 aliphatic rings. The number of fused-ring (bicyclic) bond motifs is 1. The number of nitriles is 1. The molecule has 1 aromatic rings. The van der Waals surface area contributed by atoms with Crippen molar-refractivity contribution in [3.05, 3.63) is 23.4 Å². The van der Waals surface area contributed by atoms with Crippen LogP contribution >= 0.6 is 0 Å². The SMILES string of the molecule is N#Cc1ccc(C(F)(F)F)nc1N1CCC2NCCC2C1. The van der Waals surface area contributed by atoms with Gasteiger partial charge in [0.15, 0.2) is 0 Å². The first-order chi connectivity index (χ1) is 9.99. The van der Waals surface area contributed by atoms with E-state index in [0.717, 1.165) is 25.5 Å². The molecule has 21 heavy (non-hydrogen) atoms. The highest BCUT2D eigenvalue weighted by Gasteiger charge is 2.36. The molecule has 1 N–H and O–H groups in total. The van der Waals surface area contributed by atoms with Crippen LogP contribution in [-0.2, 0) is 6.18 Å². The van der Waals surface area contributed by atoms with Crippen molar-refractivity contribution < 1.29 is 13.2 Å². The van der Waals surface area contributed by atoms with Gasteiger partial charge in [-0.25, -0.2) is 4.98 Å². The average molecular weight is 296 g/mol. The summed E-state index contributed by atoms with van der Waals surface area (Å²) in [5, 5.41) is 12.5. The number of pyridine rings is 1. The van der Waals surface area contributed by atoms with Crippen molar-refractivity contribution >= 4 is 5.82 Å². The molecule has 0 aliphatic carbocycles. The molecule has 2 atom stereocenters. The van der Waals surface area contributed by atoms with E-state index in [2.05, 4.69) is 10.3 Å². The number of aromatic nitrogens is 1. The van der Waals surface area contributed by atoms with Gasteiger partial charge >= 0.3 is 6.18 Å². The molecule has 2 unspecified atom stereocenters. The van der Waals surface area contributed by atoms with Crippen molar-refractivity contribution in [1.82, 2.24) is 10.3 Å². The Bertz CT molecular complexity index is 579. The van der Waals surface area contributed by atoms with Gasteiger partial charge in [-0.1, -0.05) is 0 Å². The van der Waals surface area contributed by atoms with Crippen LogP contribution in [0.3, 0.4) is 0 Å². The number of nitrogens with one attached hydrogen (secondary N) is 1. The van der Waals surface area contributed by atoms with E-state index < -0.39 is 11.9 Å². The fourth-order valence-corrected chi connectivity index (χ4v) is 3.17. The second-order valence-corrected chi connectivity index (χ2v) is 5.52. The molecule has 0 bridgehead atoms. The summed E-state index contributed by atoms with van der Waals surface area (Å²) in [5.74, 6) is 0.583. The van der Waals surface area contributed by atoms with E-state index in [9.17, 15) is 13.2 Å². The lowest BCUT2D eigenvalue weighted by Gasteiger charge is -2.36. The lowest BCUT2D eigenvalue weighted by molar-refractivity contribution is -0.141. The normalized spacial score (nSPS) is 25.5. The maximum atomic E-state index is 12.8. The summed E-state index contributed by atoms with van der Waals surface area (Å²) in [7, 11) is 0. The molecule has 0 radical (unpaired) electrons. The molecule has 3 heterocycles. The second kappa shape index (κ2) is 5.19. The van der Waals surface area contributed by atoms with Crippen molar-refractivity contribution in [3.63, 3.8) is 0 Å². The van der Waals surface area contributed by atoms with Crippen LogP contribution in [0, 0.1) is 17.2 Å². The average Bonchev–Trinajstić information content (AvgIpc) is 2.93. The molecule has 1 aromatic heterocycles. The van der Waals surface area contributed by atoms with Gasteiger partial charge in [-0.15, -0.1) is 0 Å². The summed E-state index contributed by atoms with van der Waals surface area (Å²) >= 11 is 0. The van der Waals surface area contributed by atoms with Crippen molar-refractivity contribution in [1.29, 1.82) is 5.26 Å². The third-order valence-electron chi connectivity index (χ3n) is 4.24. The van der Waals surface area contributed by atoms with E-state index in [1.54, 1.807) is 0 Å². The van der Waals surface area contributed by atoms with E-state index in [1.807, 2.05) is 11.0 Å². The Morgan fingerprint density at radius 2 is 2.14 bits per heavy atom. The predicted octanol–water partition coefficient (Wildman–Crippen LogP) is 2.16. The highest BCUT2D eigenvalue weighted by Crippen LogP contribution is 2.33. The molecule has 0 amide bonds. The van der Waals surface area contributed by atoms with Crippen LogP contribution in [-0.4, -0.2) is 30.7 Å². The third-order valence-corrected chi connectivity index (χ3v) is 4.24. The lowest BCUT2D eigenvalue weighted by atomic mass is 9.93. The van der Waals surface area contributed by atoms with E-state index in [1.165, 1.54) is 6.07 Å². The molecular formula is C14H15F3N4. The van der Waals surface area contributed by atoms with Gasteiger partial charge in [0.25, 0.3) is 0 Å². The molecule has 4 nitrogen and oxygen atoms in total. The smallest absolute Gasteiger partial charge is 0.355 e. The Morgan fingerprint density at radius 1 is 1.33 bits per heavy atom. The number of hydrogen-bond donors (Lipinski definition) is 1. The minimum absolute atomic E-state index is 0.165. The number of nitrogens with zero attached hydrogens (tertiary/aromatic N) is 3. The number of anilines is 1. The van der Waals surface area contributed by atoms with Crippen molar-refractivity contribution in [3.8, 4) is 6.07 Å². The zero-order valence-electron chi connectivity index (χ0n) is 11.3. The second-order valence-electron chi connectivity index (χ2n) is 5.52. The summed E-state index contributed by atoms with van der Waals surface area (Å²) in [4.78, 5) is 5.53. The van der Waals surface area contributed by atoms with Gasteiger partial charge in [-0.3, -0.25) is 0 Å². The van der Waals surface area contributed by atoms with Crippen molar-refractivity contribution in [2.75, 3.05) is 24.5 Å². The van der Waals surface area contributed by atoms with Crippen LogP contribution in [0.25, 0.3) is 0 Å². The van der Waals surface area contributed by atoms with Crippen LogP contribution in [0.15, 0.2) is 12.1 Å². The molecule has 3 rings (SSSR count). The highest BCUT2D eigenvalue weighted by atomic mass is 19.4. The summed E-state index contributed by atoms with van der Waals surface area (Å²) in [6, 6.07) is 4.47. The quantitative estimate of drug-likeness (QED) is 0.863.